The number of para-hydroxylation sites is 1. The first-order valence-corrected chi connectivity index (χ1v) is 12.9. The molecule has 0 radical (unpaired) electrons. The molecule has 0 spiro atoms. The zero-order valence-corrected chi connectivity index (χ0v) is 23.2. The van der Waals surface area contributed by atoms with Crippen LogP contribution in [-0.2, 0) is 11.4 Å². The average molecular weight is 574 g/mol. The Labute approximate surface area is 229 Å². The summed E-state index contributed by atoms with van der Waals surface area (Å²) in [6, 6.07) is 19.1. The average Bonchev–Trinajstić information content (AvgIpc) is 3.36. The second-order valence-corrected chi connectivity index (χ2v) is 10.0. The fourth-order valence-corrected chi connectivity index (χ4v) is 5.17. The summed E-state index contributed by atoms with van der Waals surface area (Å²) in [7, 11) is 1.60. The van der Waals surface area contributed by atoms with Crippen molar-refractivity contribution in [3.05, 3.63) is 105 Å². The summed E-state index contributed by atoms with van der Waals surface area (Å²) in [5.74, 6) is 1.44. The Bertz CT molecular complexity index is 1540. The predicted octanol–water partition coefficient (Wildman–Crippen LogP) is 6.17. The zero-order chi connectivity index (χ0) is 26.8. The lowest BCUT2D eigenvalue weighted by atomic mass is 9.94. The molecule has 4 aromatic rings. The van der Waals surface area contributed by atoms with E-state index in [4.69, 9.17) is 9.47 Å². The molecule has 0 saturated heterocycles. The van der Waals surface area contributed by atoms with Crippen molar-refractivity contribution in [2.75, 3.05) is 17.7 Å². The Morgan fingerprint density at radius 1 is 1.11 bits per heavy atom. The van der Waals surface area contributed by atoms with Crippen molar-refractivity contribution in [2.24, 2.45) is 0 Å². The van der Waals surface area contributed by atoms with E-state index in [2.05, 4.69) is 55.7 Å². The quantitative estimate of drug-likeness (QED) is 0.274. The number of nitrogens with one attached hydrogen (secondary N) is 2. The SMILES string of the molecule is COc1cc(C2C(C(=O)Nc3ccccc3C)=C(C)Nc3ncnn32)cc(Br)c1OCc1cccc(C)c1. The molecule has 3 aromatic carbocycles. The van der Waals surface area contributed by atoms with E-state index in [9.17, 15) is 4.79 Å². The topological polar surface area (TPSA) is 90.3 Å². The van der Waals surface area contributed by atoms with E-state index in [1.54, 1.807) is 11.8 Å². The van der Waals surface area contributed by atoms with Gasteiger partial charge in [0, 0.05) is 11.4 Å². The minimum absolute atomic E-state index is 0.231. The number of methoxy groups -OCH3 is 1. The number of rotatable bonds is 7. The lowest BCUT2D eigenvalue weighted by Gasteiger charge is -2.29. The number of amides is 1. The molecule has 194 valence electrons. The van der Waals surface area contributed by atoms with E-state index in [-0.39, 0.29) is 5.91 Å². The molecule has 9 heteroatoms. The van der Waals surface area contributed by atoms with Gasteiger partial charge in [-0.3, -0.25) is 4.79 Å². The molecule has 2 heterocycles. The van der Waals surface area contributed by atoms with Crippen LogP contribution in [-0.4, -0.2) is 27.8 Å². The zero-order valence-electron chi connectivity index (χ0n) is 21.6. The number of anilines is 2. The number of benzene rings is 3. The molecule has 38 heavy (non-hydrogen) atoms. The van der Waals surface area contributed by atoms with Gasteiger partial charge >= 0.3 is 0 Å². The minimum atomic E-state index is -0.547. The number of hydrogen-bond acceptors (Lipinski definition) is 6. The number of hydrogen-bond donors (Lipinski definition) is 2. The van der Waals surface area contributed by atoms with Crippen LogP contribution in [0.15, 0.2) is 82.7 Å². The highest BCUT2D eigenvalue weighted by atomic mass is 79.9. The van der Waals surface area contributed by atoms with Gasteiger partial charge in [0.2, 0.25) is 5.95 Å². The highest BCUT2D eigenvalue weighted by molar-refractivity contribution is 9.10. The molecule has 0 fully saturated rings. The van der Waals surface area contributed by atoms with Gasteiger partial charge in [-0.25, -0.2) is 4.68 Å². The Morgan fingerprint density at radius 3 is 2.68 bits per heavy atom. The molecule has 8 nitrogen and oxygen atoms in total. The molecule has 1 aliphatic heterocycles. The second-order valence-electron chi connectivity index (χ2n) is 9.18. The van der Waals surface area contributed by atoms with E-state index in [1.165, 1.54) is 11.9 Å². The lowest BCUT2D eigenvalue weighted by molar-refractivity contribution is -0.113. The van der Waals surface area contributed by atoms with E-state index in [1.807, 2.05) is 62.4 Å². The molecule has 0 aliphatic carbocycles. The van der Waals surface area contributed by atoms with E-state index < -0.39 is 6.04 Å². The van der Waals surface area contributed by atoms with Gasteiger partial charge in [0.05, 0.1) is 17.2 Å². The Balaban J connectivity index is 1.52. The number of aryl methyl sites for hydroxylation is 2. The maximum atomic E-state index is 13.7. The van der Waals surface area contributed by atoms with Crippen molar-refractivity contribution in [1.29, 1.82) is 0 Å². The number of allylic oxidation sites excluding steroid dienone is 1. The normalized spacial score (nSPS) is 14.5. The number of ether oxygens (including phenoxy) is 2. The molecule has 1 atom stereocenters. The lowest BCUT2D eigenvalue weighted by Crippen LogP contribution is -2.31. The number of aromatic nitrogens is 3. The van der Waals surface area contributed by atoms with Gasteiger partial charge in [0.15, 0.2) is 11.5 Å². The fraction of sp³-hybridized carbons (Fsp3) is 0.207. The first kappa shape index (κ1) is 25.5. The van der Waals surface area contributed by atoms with Crippen LogP contribution in [0.3, 0.4) is 0 Å². The van der Waals surface area contributed by atoms with Gasteiger partial charge in [-0.05, 0) is 71.6 Å². The largest absolute Gasteiger partial charge is 0.493 e. The van der Waals surface area contributed by atoms with Crippen LogP contribution in [0.1, 0.15) is 35.2 Å². The van der Waals surface area contributed by atoms with Crippen molar-refractivity contribution in [3.8, 4) is 11.5 Å². The molecule has 0 bridgehead atoms. The first-order valence-electron chi connectivity index (χ1n) is 12.2. The van der Waals surface area contributed by atoms with Crippen LogP contribution in [0, 0.1) is 13.8 Å². The van der Waals surface area contributed by atoms with Crippen LogP contribution >= 0.6 is 15.9 Å². The smallest absolute Gasteiger partial charge is 0.255 e. The van der Waals surface area contributed by atoms with Crippen molar-refractivity contribution >= 4 is 33.5 Å². The maximum Gasteiger partial charge on any atom is 0.255 e. The van der Waals surface area contributed by atoms with Gasteiger partial charge < -0.3 is 20.1 Å². The molecular weight excluding hydrogens is 546 g/mol. The van der Waals surface area contributed by atoms with Crippen molar-refractivity contribution < 1.29 is 14.3 Å². The number of nitrogens with zero attached hydrogens (tertiary/aromatic N) is 3. The molecule has 1 aromatic heterocycles. The summed E-state index contributed by atoms with van der Waals surface area (Å²) in [6.45, 7) is 6.26. The van der Waals surface area contributed by atoms with Gasteiger partial charge in [-0.15, -0.1) is 0 Å². The Morgan fingerprint density at radius 2 is 1.92 bits per heavy atom. The van der Waals surface area contributed by atoms with Crippen molar-refractivity contribution in [2.45, 2.75) is 33.4 Å². The van der Waals surface area contributed by atoms with Gasteiger partial charge in [0.25, 0.3) is 5.91 Å². The van der Waals surface area contributed by atoms with E-state index >= 15 is 0 Å². The second kappa shape index (κ2) is 10.7. The summed E-state index contributed by atoms with van der Waals surface area (Å²) in [6.07, 6.45) is 1.47. The third-order valence-corrected chi connectivity index (χ3v) is 7.05. The summed E-state index contributed by atoms with van der Waals surface area (Å²) in [5.41, 5.74) is 5.95. The van der Waals surface area contributed by atoms with Crippen LogP contribution in [0.25, 0.3) is 0 Å². The summed E-state index contributed by atoms with van der Waals surface area (Å²) < 4.78 is 14.3. The summed E-state index contributed by atoms with van der Waals surface area (Å²) >= 11 is 3.68. The Kier molecular flexibility index (Phi) is 7.20. The molecule has 0 saturated carbocycles. The van der Waals surface area contributed by atoms with Crippen molar-refractivity contribution in [3.63, 3.8) is 0 Å². The predicted molar refractivity (Wildman–Crippen MR) is 150 cm³/mol. The van der Waals surface area contributed by atoms with Gasteiger partial charge in [0.1, 0.15) is 19.0 Å². The number of fused-ring (bicyclic) bond motifs is 1. The molecular formula is C29H28BrN5O3. The first-order chi connectivity index (χ1) is 18.4. The number of halogens is 1. The molecule has 1 unspecified atom stereocenters. The van der Waals surface area contributed by atoms with Crippen LogP contribution < -0.4 is 20.1 Å². The van der Waals surface area contributed by atoms with Crippen LogP contribution in [0.2, 0.25) is 0 Å². The Hall–Kier alpha value is -4.11. The van der Waals surface area contributed by atoms with E-state index in [0.717, 1.165) is 22.4 Å². The third kappa shape index (κ3) is 5.02. The number of carbonyl (C=O) groups is 1. The highest BCUT2D eigenvalue weighted by Gasteiger charge is 2.34. The van der Waals surface area contributed by atoms with Crippen LogP contribution in [0.4, 0.5) is 11.6 Å². The fourth-order valence-electron chi connectivity index (χ4n) is 4.59. The molecule has 1 aliphatic rings. The summed E-state index contributed by atoms with van der Waals surface area (Å²) in [4.78, 5) is 18.0. The van der Waals surface area contributed by atoms with Crippen molar-refractivity contribution in [1.82, 2.24) is 14.8 Å². The minimum Gasteiger partial charge on any atom is -0.493 e. The van der Waals surface area contributed by atoms with Crippen LogP contribution in [0.5, 0.6) is 11.5 Å². The summed E-state index contributed by atoms with van der Waals surface area (Å²) in [5, 5.41) is 10.7. The molecule has 2 N–H and O–H groups in total. The monoisotopic (exact) mass is 573 g/mol. The van der Waals surface area contributed by atoms with Gasteiger partial charge in [-0.2, -0.15) is 10.1 Å². The third-order valence-electron chi connectivity index (χ3n) is 6.47. The highest BCUT2D eigenvalue weighted by Crippen LogP contribution is 2.43. The number of carbonyl (C=O) groups excluding carboxylic acids is 1. The van der Waals surface area contributed by atoms with Gasteiger partial charge in [-0.1, -0.05) is 48.0 Å². The molecule has 5 rings (SSSR count). The standard InChI is InChI=1S/C29H28BrN5O3/c1-17-8-7-10-20(12-17)15-38-27-22(30)13-21(14-24(27)37-4)26-25(19(3)33-29-31-16-32-35(26)29)28(36)34-23-11-6-5-9-18(23)2/h5-14,16,26H,15H2,1-4H3,(H,34,36)(H,31,32,33). The molecule has 1 amide bonds. The maximum absolute atomic E-state index is 13.7. The van der Waals surface area contributed by atoms with E-state index in [0.29, 0.717) is 39.8 Å².